The average molecular weight is 633 g/mol. The molecule has 1 aromatic heterocycles. The zero-order valence-corrected chi connectivity index (χ0v) is 25.8. The monoisotopic (exact) mass is 632 g/mol. The summed E-state index contributed by atoms with van der Waals surface area (Å²) in [6.45, 7) is 10.0. The summed E-state index contributed by atoms with van der Waals surface area (Å²) in [4.78, 5) is 44.7. The maximum absolute atomic E-state index is 13.8. The van der Waals surface area contributed by atoms with Crippen LogP contribution in [0.3, 0.4) is 0 Å². The number of nitrogens with one attached hydrogen (secondary N) is 1. The number of rotatable bonds is 5. The molecule has 1 aromatic carbocycles. The van der Waals surface area contributed by atoms with E-state index in [-0.39, 0.29) is 79.5 Å². The SMILES string of the molecule is COc1ccc(-c2cccc(C(=O)NS(C)(=O)=O)n2)c(C)c1C1C2=C(CC(C)(C)CC2=O)OC2=C1C(=O)CC(C)(C)C2.[KH]. The van der Waals surface area contributed by atoms with E-state index in [4.69, 9.17) is 9.47 Å². The molecular weight excluding hydrogens is 596 g/mol. The molecule has 0 bridgehead atoms. The van der Waals surface area contributed by atoms with Crippen molar-refractivity contribution < 1.29 is 32.3 Å². The van der Waals surface area contributed by atoms with E-state index >= 15 is 0 Å². The number of sulfonamides is 1. The number of pyridine rings is 1. The molecule has 2 aliphatic carbocycles. The van der Waals surface area contributed by atoms with Crippen LogP contribution in [0.1, 0.15) is 80.9 Å². The minimum absolute atomic E-state index is 0. The van der Waals surface area contributed by atoms with Crippen LogP contribution >= 0.6 is 0 Å². The maximum atomic E-state index is 13.8. The van der Waals surface area contributed by atoms with Gasteiger partial charge in [-0.3, -0.25) is 14.4 Å². The summed E-state index contributed by atoms with van der Waals surface area (Å²) in [5.74, 6) is 0.0980. The molecule has 224 valence electrons. The van der Waals surface area contributed by atoms with Gasteiger partial charge in [-0.1, -0.05) is 33.8 Å². The molecule has 43 heavy (non-hydrogen) atoms. The van der Waals surface area contributed by atoms with E-state index in [1.54, 1.807) is 31.4 Å². The van der Waals surface area contributed by atoms with E-state index in [0.717, 1.165) is 11.8 Å². The van der Waals surface area contributed by atoms with Crippen molar-refractivity contribution in [3.8, 4) is 17.0 Å². The number of nitrogens with zero attached hydrogens (tertiary/aromatic N) is 1. The van der Waals surface area contributed by atoms with Crippen molar-refractivity contribution in [2.45, 2.75) is 66.2 Å². The van der Waals surface area contributed by atoms with Gasteiger partial charge in [0.1, 0.15) is 23.0 Å². The molecule has 3 aliphatic rings. The van der Waals surface area contributed by atoms with E-state index in [1.807, 2.05) is 39.3 Å². The molecule has 9 nitrogen and oxygen atoms in total. The predicted molar refractivity (Wildman–Crippen MR) is 164 cm³/mol. The van der Waals surface area contributed by atoms with Crippen LogP contribution in [-0.4, -0.2) is 95.6 Å². The molecule has 2 heterocycles. The van der Waals surface area contributed by atoms with E-state index < -0.39 is 21.8 Å². The second kappa shape index (κ2) is 12.0. The second-order valence-electron chi connectivity index (χ2n) is 13.1. The van der Waals surface area contributed by atoms with Crippen LogP contribution in [0.25, 0.3) is 11.3 Å². The third-order valence-electron chi connectivity index (χ3n) is 8.10. The Balaban J connectivity index is 0.00000423. The van der Waals surface area contributed by atoms with Gasteiger partial charge in [-0.05, 0) is 47.6 Å². The van der Waals surface area contributed by atoms with E-state index in [2.05, 4.69) is 4.98 Å². The summed E-state index contributed by atoms with van der Waals surface area (Å²) >= 11 is 0. The minimum atomic E-state index is -3.78. The molecule has 5 rings (SSSR count). The van der Waals surface area contributed by atoms with Crippen LogP contribution in [0.5, 0.6) is 5.75 Å². The van der Waals surface area contributed by atoms with Gasteiger partial charge in [-0.25, -0.2) is 18.1 Å². The quantitative estimate of drug-likeness (QED) is 0.477. The fraction of sp³-hybridized carbons (Fsp3) is 0.438. The molecule has 1 amide bonds. The first-order valence-corrected chi connectivity index (χ1v) is 15.8. The predicted octanol–water partition coefficient (Wildman–Crippen LogP) is 4.51. The summed E-state index contributed by atoms with van der Waals surface area (Å²) in [5.41, 5.74) is 2.83. The summed E-state index contributed by atoms with van der Waals surface area (Å²) in [5, 5.41) is 0. The number of ether oxygens (including phenoxy) is 2. The zero-order valence-electron chi connectivity index (χ0n) is 25.0. The average Bonchev–Trinajstić information content (AvgIpc) is 2.84. The normalized spacial score (nSPS) is 19.6. The molecule has 1 N–H and O–H groups in total. The van der Waals surface area contributed by atoms with Gasteiger partial charge in [0.25, 0.3) is 5.91 Å². The van der Waals surface area contributed by atoms with Crippen molar-refractivity contribution in [1.29, 1.82) is 0 Å². The number of hydrogen-bond acceptors (Lipinski definition) is 8. The number of methoxy groups -OCH3 is 1. The van der Waals surface area contributed by atoms with E-state index in [1.165, 1.54) is 6.07 Å². The Morgan fingerprint density at radius 3 is 2.02 bits per heavy atom. The van der Waals surface area contributed by atoms with Crippen LogP contribution in [-0.2, 0) is 24.3 Å². The van der Waals surface area contributed by atoms with Gasteiger partial charge in [0, 0.05) is 48.0 Å². The molecule has 0 saturated carbocycles. The first kappa shape index (κ1) is 33.7. The molecule has 0 unspecified atom stereocenters. The Hall–Kier alpha value is -2.15. The summed E-state index contributed by atoms with van der Waals surface area (Å²) < 4.78 is 37.5. The van der Waals surface area contributed by atoms with Crippen molar-refractivity contribution in [2.24, 2.45) is 10.8 Å². The number of ketones is 2. The molecule has 0 spiro atoms. The summed E-state index contributed by atoms with van der Waals surface area (Å²) in [6, 6.07) is 8.35. The number of carbonyl (C=O) groups is 3. The van der Waals surface area contributed by atoms with Crippen LogP contribution in [0.15, 0.2) is 53.0 Å². The third-order valence-corrected chi connectivity index (χ3v) is 8.66. The van der Waals surface area contributed by atoms with Crippen molar-refractivity contribution in [1.82, 2.24) is 9.71 Å². The summed E-state index contributed by atoms with van der Waals surface area (Å²) in [7, 11) is -2.23. The van der Waals surface area contributed by atoms with Crippen molar-refractivity contribution >= 4 is 78.9 Å². The fourth-order valence-electron chi connectivity index (χ4n) is 6.41. The van der Waals surface area contributed by atoms with Gasteiger partial charge in [-0.2, -0.15) is 0 Å². The van der Waals surface area contributed by atoms with Crippen molar-refractivity contribution in [3.63, 3.8) is 0 Å². The third kappa shape index (κ3) is 6.77. The Kier molecular flexibility index (Phi) is 9.40. The van der Waals surface area contributed by atoms with Gasteiger partial charge in [0.15, 0.2) is 11.6 Å². The number of Topliss-reactive ketones (excluding diaryl/α,β-unsaturated/α-hetero) is 2. The molecule has 0 saturated heterocycles. The number of carbonyl (C=O) groups excluding carboxylic acids is 3. The number of allylic oxidation sites excluding steroid dienone is 4. The van der Waals surface area contributed by atoms with Crippen LogP contribution < -0.4 is 9.46 Å². The molecular formula is C32H37KN2O7S. The molecule has 1 aliphatic heterocycles. The Morgan fingerprint density at radius 2 is 1.51 bits per heavy atom. The molecule has 11 heteroatoms. The first-order chi connectivity index (χ1) is 19.5. The first-order valence-electron chi connectivity index (χ1n) is 13.9. The Labute approximate surface area is 295 Å². The van der Waals surface area contributed by atoms with Crippen LogP contribution in [0.4, 0.5) is 0 Å². The van der Waals surface area contributed by atoms with Crippen LogP contribution in [0.2, 0.25) is 0 Å². The van der Waals surface area contributed by atoms with Gasteiger partial charge >= 0.3 is 51.4 Å². The summed E-state index contributed by atoms with van der Waals surface area (Å²) in [6.07, 6.45) is 2.68. The molecule has 2 aromatic rings. The Morgan fingerprint density at radius 1 is 0.953 bits per heavy atom. The van der Waals surface area contributed by atoms with Crippen LogP contribution in [0, 0.1) is 17.8 Å². The van der Waals surface area contributed by atoms with E-state index in [0.29, 0.717) is 70.9 Å². The number of amides is 1. The topological polar surface area (TPSA) is 129 Å². The second-order valence-corrected chi connectivity index (χ2v) is 14.8. The molecule has 0 fully saturated rings. The molecule has 0 atom stereocenters. The van der Waals surface area contributed by atoms with Crippen molar-refractivity contribution in [3.05, 3.63) is 69.8 Å². The zero-order chi connectivity index (χ0) is 30.8. The van der Waals surface area contributed by atoms with E-state index in [9.17, 15) is 22.8 Å². The molecule has 0 radical (unpaired) electrons. The van der Waals surface area contributed by atoms with Gasteiger partial charge in [0.05, 0.1) is 25.0 Å². The number of aromatic nitrogens is 1. The Bertz CT molecular complexity index is 1670. The van der Waals surface area contributed by atoms with Gasteiger partial charge in [-0.15, -0.1) is 0 Å². The van der Waals surface area contributed by atoms with Gasteiger partial charge < -0.3 is 9.47 Å². The fourth-order valence-corrected chi connectivity index (χ4v) is 6.85. The van der Waals surface area contributed by atoms with Gasteiger partial charge in [0.2, 0.25) is 10.0 Å². The standard InChI is InChI=1S/C32H36N2O7S.K.H/c1-17-18(19-9-8-10-20(33-19)30(37)34-42(7,38)39)11-12-23(40-6)26(17)29-27-21(35)13-31(2,3)15-24(27)41-25-16-32(4,5)14-22(36)28(25)29;;/h8-12,29H,13-16H2,1-7H3,(H,34,37);;. The number of hydrogen-bond donors (Lipinski definition) is 1. The van der Waals surface area contributed by atoms with Crippen molar-refractivity contribution in [2.75, 3.05) is 13.4 Å². The number of benzene rings is 1.